The van der Waals surface area contributed by atoms with Crippen molar-refractivity contribution in [1.29, 1.82) is 0 Å². The number of aromatic nitrogens is 1. The minimum absolute atomic E-state index is 0.191. The Hall–Kier alpha value is -2.75. The maximum atomic E-state index is 13.8. The number of pyridine rings is 1. The Morgan fingerprint density at radius 1 is 1.05 bits per heavy atom. The van der Waals surface area contributed by atoms with Gasteiger partial charge in [0.2, 0.25) is 0 Å². The highest BCUT2D eigenvalue weighted by molar-refractivity contribution is 5.90. The van der Waals surface area contributed by atoms with E-state index in [1.165, 1.54) is 12.1 Å². The summed E-state index contributed by atoms with van der Waals surface area (Å²) in [7, 11) is 0. The SMILES string of the molecule is O=C(O)c1cccc(-c2cnc3cccc(F)c3c2)c1. The monoisotopic (exact) mass is 267 g/mol. The van der Waals surface area contributed by atoms with Crippen LogP contribution in [-0.4, -0.2) is 16.1 Å². The Labute approximate surface area is 114 Å². The van der Waals surface area contributed by atoms with E-state index in [4.69, 9.17) is 5.11 Å². The van der Waals surface area contributed by atoms with Crippen molar-refractivity contribution in [3.63, 3.8) is 0 Å². The Balaban J connectivity index is 2.17. The van der Waals surface area contributed by atoms with Gasteiger partial charge in [-0.1, -0.05) is 18.2 Å². The second-order valence-electron chi connectivity index (χ2n) is 4.42. The van der Waals surface area contributed by atoms with Crippen LogP contribution in [0.4, 0.5) is 4.39 Å². The number of carboxylic acid groups (broad SMARTS) is 1. The Kier molecular flexibility index (Phi) is 2.91. The van der Waals surface area contributed by atoms with Crippen LogP contribution in [0.3, 0.4) is 0 Å². The molecule has 4 heteroatoms. The number of carbonyl (C=O) groups is 1. The molecule has 3 aromatic rings. The summed E-state index contributed by atoms with van der Waals surface area (Å²) in [5, 5.41) is 9.42. The van der Waals surface area contributed by atoms with E-state index in [1.807, 2.05) is 0 Å². The van der Waals surface area contributed by atoms with Crippen LogP contribution < -0.4 is 0 Å². The highest BCUT2D eigenvalue weighted by Crippen LogP contribution is 2.25. The standard InChI is InChI=1S/C16H10FNO2/c17-14-5-2-6-15-13(14)8-12(9-18-15)10-3-1-4-11(7-10)16(19)20/h1-9H,(H,19,20). The molecular weight excluding hydrogens is 257 g/mol. The first-order chi connectivity index (χ1) is 9.65. The number of aromatic carboxylic acids is 1. The predicted octanol–water partition coefficient (Wildman–Crippen LogP) is 3.74. The van der Waals surface area contributed by atoms with Crippen molar-refractivity contribution in [2.75, 3.05) is 0 Å². The van der Waals surface area contributed by atoms with Crippen LogP contribution in [-0.2, 0) is 0 Å². The number of hydrogen-bond acceptors (Lipinski definition) is 2. The number of carboxylic acids is 1. The Bertz CT molecular complexity index is 814. The largest absolute Gasteiger partial charge is 0.478 e. The van der Waals surface area contributed by atoms with E-state index >= 15 is 0 Å². The fourth-order valence-electron chi connectivity index (χ4n) is 2.10. The van der Waals surface area contributed by atoms with Crippen molar-refractivity contribution in [2.45, 2.75) is 0 Å². The third kappa shape index (κ3) is 2.12. The molecule has 0 saturated carbocycles. The van der Waals surface area contributed by atoms with Gasteiger partial charge in [-0.15, -0.1) is 0 Å². The van der Waals surface area contributed by atoms with Gasteiger partial charge in [-0.3, -0.25) is 4.98 Å². The van der Waals surface area contributed by atoms with Gasteiger partial charge in [-0.2, -0.15) is 0 Å². The zero-order chi connectivity index (χ0) is 14.1. The molecule has 3 rings (SSSR count). The molecular formula is C16H10FNO2. The first kappa shape index (κ1) is 12.3. The van der Waals surface area contributed by atoms with Gasteiger partial charge in [0, 0.05) is 17.1 Å². The molecule has 0 bridgehead atoms. The molecule has 0 aliphatic heterocycles. The fourth-order valence-corrected chi connectivity index (χ4v) is 2.10. The maximum absolute atomic E-state index is 13.8. The number of hydrogen-bond donors (Lipinski definition) is 1. The van der Waals surface area contributed by atoms with E-state index < -0.39 is 5.97 Å². The lowest BCUT2D eigenvalue weighted by Crippen LogP contribution is -1.96. The molecule has 98 valence electrons. The number of fused-ring (bicyclic) bond motifs is 1. The highest BCUT2D eigenvalue weighted by atomic mass is 19.1. The molecule has 0 unspecified atom stereocenters. The van der Waals surface area contributed by atoms with Gasteiger partial charge in [0.15, 0.2) is 0 Å². The van der Waals surface area contributed by atoms with Crippen molar-refractivity contribution in [3.8, 4) is 11.1 Å². The topological polar surface area (TPSA) is 50.2 Å². The minimum atomic E-state index is -0.994. The van der Waals surface area contributed by atoms with Crippen molar-refractivity contribution < 1.29 is 14.3 Å². The molecule has 2 aromatic carbocycles. The van der Waals surface area contributed by atoms with Gasteiger partial charge in [0.25, 0.3) is 0 Å². The first-order valence-corrected chi connectivity index (χ1v) is 6.03. The van der Waals surface area contributed by atoms with Crippen LogP contribution in [0.5, 0.6) is 0 Å². The summed E-state index contributed by atoms with van der Waals surface area (Å²) >= 11 is 0. The Morgan fingerprint density at radius 2 is 1.85 bits per heavy atom. The summed E-state index contributed by atoms with van der Waals surface area (Å²) in [5.41, 5.74) is 2.15. The summed E-state index contributed by atoms with van der Waals surface area (Å²) in [5.74, 6) is -1.34. The quantitative estimate of drug-likeness (QED) is 0.769. The zero-order valence-electron chi connectivity index (χ0n) is 10.4. The molecule has 0 fully saturated rings. The third-order valence-corrected chi connectivity index (χ3v) is 3.12. The van der Waals surface area contributed by atoms with Crippen LogP contribution in [0.2, 0.25) is 0 Å². The van der Waals surface area contributed by atoms with Crippen molar-refractivity contribution in [3.05, 3.63) is 66.1 Å². The van der Waals surface area contributed by atoms with Crippen LogP contribution >= 0.6 is 0 Å². The normalized spacial score (nSPS) is 10.7. The van der Waals surface area contributed by atoms with Gasteiger partial charge in [0.1, 0.15) is 5.82 Å². The first-order valence-electron chi connectivity index (χ1n) is 6.03. The maximum Gasteiger partial charge on any atom is 0.335 e. The van der Waals surface area contributed by atoms with E-state index in [2.05, 4.69) is 4.98 Å². The van der Waals surface area contributed by atoms with Crippen molar-refractivity contribution in [1.82, 2.24) is 4.98 Å². The van der Waals surface area contributed by atoms with Gasteiger partial charge >= 0.3 is 5.97 Å². The van der Waals surface area contributed by atoms with E-state index in [1.54, 1.807) is 42.6 Å². The van der Waals surface area contributed by atoms with E-state index in [0.717, 1.165) is 0 Å². The number of halogens is 1. The molecule has 3 nitrogen and oxygen atoms in total. The summed E-state index contributed by atoms with van der Waals surface area (Å²) in [6, 6.07) is 12.9. The molecule has 0 spiro atoms. The minimum Gasteiger partial charge on any atom is -0.478 e. The van der Waals surface area contributed by atoms with E-state index in [0.29, 0.717) is 22.0 Å². The fraction of sp³-hybridized carbons (Fsp3) is 0. The molecule has 0 atom stereocenters. The average molecular weight is 267 g/mol. The smallest absolute Gasteiger partial charge is 0.335 e. The zero-order valence-corrected chi connectivity index (χ0v) is 10.4. The summed E-state index contributed by atoms with van der Waals surface area (Å²) in [4.78, 5) is 15.2. The molecule has 0 aliphatic rings. The van der Waals surface area contributed by atoms with Crippen LogP contribution in [0.1, 0.15) is 10.4 Å². The van der Waals surface area contributed by atoms with Gasteiger partial charge in [-0.05, 0) is 35.9 Å². The molecule has 20 heavy (non-hydrogen) atoms. The summed E-state index contributed by atoms with van der Waals surface area (Å²) in [6.07, 6.45) is 1.61. The molecule has 1 N–H and O–H groups in total. The lowest BCUT2D eigenvalue weighted by Gasteiger charge is -2.05. The molecule has 1 aromatic heterocycles. The number of nitrogens with zero attached hydrogens (tertiary/aromatic N) is 1. The lowest BCUT2D eigenvalue weighted by molar-refractivity contribution is 0.0697. The van der Waals surface area contributed by atoms with Crippen LogP contribution in [0.25, 0.3) is 22.0 Å². The predicted molar refractivity (Wildman–Crippen MR) is 74.1 cm³/mol. The van der Waals surface area contributed by atoms with E-state index in [-0.39, 0.29) is 11.4 Å². The summed E-state index contributed by atoms with van der Waals surface area (Å²) in [6.45, 7) is 0. The molecule has 0 radical (unpaired) electrons. The van der Waals surface area contributed by atoms with Gasteiger partial charge in [0.05, 0.1) is 11.1 Å². The van der Waals surface area contributed by atoms with Crippen molar-refractivity contribution in [2.24, 2.45) is 0 Å². The molecule has 1 heterocycles. The second-order valence-corrected chi connectivity index (χ2v) is 4.42. The van der Waals surface area contributed by atoms with Gasteiger partial charge in [-0.25, -0.2) is 9.18 Å². The Morgan fingerprint density at radius 3 is 2.65 bits per heavy atom. The number of benzene rings is 2. The highest BCUT2D eigenvalue weighted by Gasteiger charge is 2.07. The van der Waals surface area contributed by atoms with Gasteiger partial charge < -0.3 is 5.11 Å². The summed E-state index contributed by atoms with van der Waals surface area (Å²) < 4.78 is 13.8. The van der Waals surface area contributed by atoms with Crippen LogP contribution in [0.15, 0.2) is 54.7 Å². The van der Waals surface area contributed by atoms with Crippen molar-refractivity contribution >= 4 is 16.9 Å². The molecule has 0 amide bonds. The third-order valence-electron chi connectivity index (χ3n) is 3.12. The molecule has 0 saturated heterocycles. The van der Waals surface area contributed by atoms with Crippen LogP contribution in [0, 0.1) is 5.82 Å². The second kappa shape index (κ2) is 4.74. The lowest BCUT2D eigenvalue weighted by atomic mass is 10.0. The number of rotatable bonds is 2. The average Bonchev–Trinajstić information content (AvgIpc) is 2.47. The molecule has 0 aliphatic carbocycles. The van der Waals surface area contributed by atoms with E-state index in [9.17, 15) is 9.18 Å².